The van der Waals surface area contributed by atoms with E-state index in [2.05, 4.69) is 50.9 Å². The Balaban J connectivity index is 3.96. The van der Waals surface area contributed by atoms with E-state index in [0.29, 0.717) is 0 Å². The molecule has 0 aliphatic heterocycles. The average Bonchev–Trinajstić information content (AvgIpc) is 1.86. The van der Waals surface area contributed by atoms with Crippen molar-refractivity contribution in [3.63, 3.8) is 0 Å². The van der Waals surface area contributed by atoms with Crippen molar-refractivity contribution in [2.24, 2.45) is 0 Å². The highest BCUT2D eigenvalue weighted by molar-refractivity contribution is 6.77. The highest BCUT2D eigenvalue weighted by atomic mass is 28.3. The molecule has 0 aliphatic carbocycles. The highest BCUT2D eigenvalue weighted by Crippen LogP contribution is 2.21. The SMILES string of the molecule is C/C=C/C=C\[C@H](C)[Si](C)(C)C. The van der Waals surface area contributed by atoms with Crippen LogP contribution in [0.25, 0.3) is 0 Å². The Morgan fingerprint density at radius 2 is 1.64 bits per heavy atom. The molecule has 1 heteroatoms. The summed E-state index contributed by atoms with van der Waals surface area (Å²) in [4.78, 5) is 0. The van der Waals surface area contributed by atoms with Crippen LogP contribution in [0.4, 0.5) is 0 Å². The van der Waals surface area contributed by atoms with Crippen molar-refractivity contribution in [1.29, 1.82) is 0 Å². The molecule has 1 atom stereocenters. The van der Waals surface area contributed by atoms with E-state index in [4.69, 9.17) is 0 Å². The van der Waals surface area contributed by atoms with Gasteiger partial charge in [0.15, 0.2) is 0 Å². The first-order chi connectivity index (χ1) is 4.98. The van der Waals surface area contributed by atoms with Gasteiger partial charge in [-0.25, -0.2) is 0 Å². The Morgan fingerprint density at radius 3 is 2.00 bits per heavy atom. The fourth-order valence-electron chi connectivity index (χ4n) is 0.631. The van der Waals surface area contributed by atoms with Crippen molar-refractivity contribution in [2.75, 3.05) is 0 Å². The molecule has 0 saturated heterocycles. The lowest BCUT2D eigenvalue weighted by Gasteiger charge is -2.21. The highest BCUT2D eigenvalue weighted by Gasteiger charge is 2.18. The van der Waals surface area contributed by atoms with Crippen LogP contribution >= 0.6 is 0 Å². The van der Waals surface area contributed by atoms with E-state index in [1.54, 1.807) is 0 Å². The van der Waals surface area contributed by atoms with E-state index in [-0.39, 0.29) is 0 Å². The normalized spacial score (nSPS) is 16.5. The molecule has 64 valence electrons. The van der Waals surface area contributed by atoms with Crippen LogP contribution in [0.15, 0.2) is 24.3 Å². The van der Waals surface area contributed by atoms with Gasteiger partial charge < -0.3 is 0 Å². The predicted molar refractivity (Wildman–Crippen MR) is 56.7 cm³/mol. The van der Waals surface area contributed by atoms with Crippen molar-refractivity contribution >= 4 is 8.07 Å². The lowest BCUT2D eigenvalue weighted by Crippen LogP contribution is -2.24. The van der Waals surface area contributed by atoms with Gasteiger partial charge in [-0.3, -0.25) is 0 Å². The standard InChI is InChI=1S/C10H20Si/c1-6-7-8-9-10(2)11(3,4)5/h6-10H,1-5H3/b7-6+,9-8-/t10-/m0/s1. The van der Waals surface area contributed by atoms with Crippen LogP contribution in [-0.4, -0.2) is 8.07 Å². The van der Waals surface area contributed by atoms with Crippen LogP contribution in [0.2, 0.25) is 25.2 Å². The Morgan fingerprint density at radius 1 is 1.09 bits per heavy atom. The molecule has 0 fully saturated rings. The average molecular weight is 168 g/mol. The van der Waals surface area contributed by atoms with E-state index >= 15 is 0 Å². The fraction of sp³-hybridized carbons (Fsp3) is 0.600. The van der Waals surface area contributed by atoms with Crippen molar-refractivity contribution in [1.82, 2.24) is 0 Å². The number of hydrogen-bond acceptors (Lipinski definition) is 0. The fourth-order valence-corrected chi connectivity index (χ4v) is 1.32. The lowest BCUT2D eigenvalue weighted by atomic mass is 10.4. The van der Waals surface area contributed by atoms with Gasteiger partial charge in [0, 0.05) is 0 Å². The molecule has 11 heavy (non-hydrogen) atoms. The van der Waals surface area contributed by atoms with Gasteiger partial charge in [-0.2, -0.15) is 0 Å². The number of allylic oxidation sites excluding steroid dienone is 4. The number of hydrogen-bond donors (Lipinski definition) is 0. The minimum Gasteiger partial charge on any atom is -0.0877 e. The molecule has 0 saturated carbocycles. The van der Waals surface area contributed by atoms with E-state index in [9.17, 15) is 0 Å². The van der Waals surface area contributed by atoms with Crippen LogP contribution in [0.5, 0.6) is 0 Å². The molecule has 0 nitrogen and oxygen atoms in total. The third-order valence-electron chi connectivity index (χ3n) is 2.07. The third kappa shape index (κ3) is 5.02. The Hall–Kier alpha value is -0.303. The maximum Gasteiger partial charge on any atom is 0.0510 e. The van der Waals surface area contributed by atoms with E-state index in [0.717, 1.165) is 5.54 Å². The third-order valence-corrected chi connectivity index (χ3v) is 4.99. The Kier molecular flexibility index (Phi) is 4.42. The second kappa shape index (κ2) is 4.55. The summed E-state index contributed by atoms with van der Waals surface area (Å²) in [7, 11) is -0.931. The minimum absolute atomic E-state index is 0.777. The van der Waals surface area contributed by atoms with Crippen molar-refractivity contribution in [2.45, 2.75) is 39.0 Å². The van der Waals surface area contributed by atoms with E-state index < -0.39 is 8.07 Å². The van der Waals surface area contributed by atoms with Crippen LogP contribution in [0.1, 0.15) is 13.8 Å². The van der Waals surface area contributed by atoms with Crippen LogP contribution in [-0.2, 0) is 0 Å². The molecule has 0 rings (SSSR count). The molecule has 0 aromatic carbocycles. The largest absolute Gasteiger partial charge is 0.0877 e. The summed E-state index contributed by atoms with van der Waals surface area (Å²) in [6.45, 7) is 11.6. The summed E-state index contributed by atoms with van der Waals surface area (Å²) in [6.07, 6.45) is 8.62. The summed E-state index contributed by atoms with van der Waals surface area (Å²) in [5.74, 6) is 0. The lowest BCUT2D eigenvalue weighted by molar-refractivity contribution is 1.13. The summed E-state index contributed by atoms with van der Waals surface area (Å²) < 4.78 is 0. The zero-order chi connectivity index (χ0) is 8.91. The smallest absolute Gasteiger partial charge is 0.0510 e. The van der Waals surface area contributed by atoms with Crippen LogP contribution in [0, 0.1) is 0 Å². The van der Waals surface area contributed by atoms with Gasteiger partial charge in [0.1, 0.15) is 0 Å². The minimum atomic E-state index is -0.931. The Bertz CT molecular complexity index is 149. The van der Waals surface area contributed by atoms with E-state index in [1.165, 1.54) is 0 Å². The molecule has 0 bridgehead atoms. The topological polar surface area (TPSA) is 0 Å². The molecular formula is C10H20Si. The molecule has 0 unspecified atom stereocenters. The van der Waals surface area contributed by atoms with Crippen molar-refractivity contribution in [3.8, 4) is 0 Å². The van der Waals surface area contributed by atoms with Gasteiger partial charge in [-0.1, -0.05) is 50.9 Å². The maximum atomic E-state index is 2.40. The van der Waals surface area contributed by atoms with Gasteiger partial charge in [0.05, 0.1) is 8.07 Å². The zero-order valence-electron chi connectivity index (χ0n) is 8.39. The zero-order valence-corrected chi connectivity index (χ0v) is 9.39. The molecule has 0 aromatic rings. The molecule has 0 radical (unpaired) electrons. The van der Waals surface area contributed by atoms with Gasteiger partial charge in [-0.15, -0.1) is 0 Å². The summed E-state index contributed by atoms with van der Waals surface area (Å²) in [6, 6.07) is 0. The second-order valence-electron chi connectivity index (χ2n) is 4.07. The quantitative estimate of drug-likeness (QED) is 0.443. The molecule has 0 aliphatic rings. The molecule has 0 N–H and O–H groups in total. The number of rotatable bonds is 3. The van der Waals surface area contributed by atoms with Gasteiger partial charge in [0.25, 0.3) is 0 Å². The second-order valence-corrected chi connectivity index (χ2v) is 9.71. The summed E-state index contributed by atoms with van der Waals surface area (Å²) >= 11 is 0. The molecular weight excluding hydrogens is 148 g/mol. The van der Waals surface area contributed by atoms with Crippen LogP contribution in [0.3, 0.4) is 0 Å². The molecule has 0 heterocycles. The van der Waals surface area contributed by atoms with Crippen molar-refractivity contribution in [3.05, 3.63) is 24.3 Å². The first-order valence-corrected chi connectivity index (χ1v) is 7.85. The maximum absolute atomic E-state index is 2.40. The molecule has 0 amide bonds. The monoisotopic (exact) mass is 168 g/mol. The van der Waals surface area contributed by atoms with Gasteiger partial charge in [-0.05, 0) is 12.5 Å². The van der Waals surface area contributed by atoms with Crippen molar-refractivity contribution < 1.29 is 0 Å². The van der Waals surface area contributed by atoms with Gasteiger partial charge >= 0.3 is 0 Å². The van der Waals surface area contributed by atoms with Gasteiger partial charge in [0.2, 0.25) is 0 Å². The van der Waals surface area contributed by atoms with E-state index in [1.807, 2.05) is 6.92 Å². The summed E-state index contributed by atoms with van der Waals surface area (Å²) in [5.41, 5.74) is 0.777. The predicted octanol–water partition coefficient (Wildman–Crippen LogP) is 3.85. The van der Waals surface area contributed by atoms with Crippen LogP contribution < -0.4 is 0 Å². The molecule has 0 aromatic heterocycles. The molecule has 0 spiro atoms. The Labute approximate surface area is 72.0 Å². The first kappa shape index (κ1) is 10.7. The first-order valence-electron chi connectivity index (χ1n) is 4.28. The summed E-state index contributed by atoms with van der Waals surface area (Å²) in [5, 5.41) is 0.